The molecule has 1 aromatic carbocycles. The summed E-state index contributed by atoms with van der Waals surface area (Å²) in [5.41, 5.74) is 7.89. The lowest BCUT2D eigenvalue weighted by atomic mass is 9.99. The van der Waals surface area contributed by atoms with E-state index in [9.17, 15) is 5.11 Å². The molecule has 3 heteroatoms. The number of rotatable bonds is 3. The van der Waals surface area contributed by atoms with Crippen molar-refractivity contribution in [2.75, 3.05) is 12.3 Å². The molecule has 2 heterocycles. The molecular weight excluding hydrogens is 224 g/mol. The third kappa shape index (κ3) is 2.38. The van der Waals surface area contributed by atoms with Crippen LogP contribution in [0.1, 0.15) is 31.2 Å². The van der Waals surface area contributed by atoms with Gasteiger partial charge in [0.05, 0.1) is 6.10 Å². The van der Waals surface area contributed by atoms with Crippen LogP contribution in [0.2, 0.25) is 0 Å². The van der Waals surface area contributed by atoms with Crippen LogP contribution in [0.3, 0.4) is 0 Å². The summed E-state index contributed by atoms with van der Waals surface area (Å²) in [6.07, 6.45) is 5.50. The van der Waals surface area contributed by atoms with Crippen molar-refractivity contribution in [3.8, 4) is 0 Å². The third-order valence-electron chi connectivity index (χ3n) is 4.50. The van der Waals surface area contributed by atoms with Crippen LogP contribution in [0, 0.1) is 0 Å². The van der Waals surface area contributed by atoms with Crippen molar-refractivity contribution in [1.29, 1.82) is 0 Å². The smallest absolute Gasteiger partial charge is 0.0570 e. The van der Waals surface area contributed by atoms with Gasteiger partial charge in [-0.1, -0.05) is 12.1 Å². The number of piperidine rings is 1. The molecule has 3 nitrogen and oxygen atoms in total. The Hall–Kier alpha value is -1.06. The molecule has 0 radical (unpaired) electrons. The molecule has 2 saturated heterocycles. The van der Waals surface area contributed by atoms with E-state index in [1.807, 2.05) is 12.1 Å². The molecule has 2 unspecified atom stereocenters. The zero-order valence-corrected chi connectivity index (χ0v) is 10.8. The molecule has 2 atom stereocenters. The summed E-state index contributed by atoms with van der Waals surface area (Å²) in [5, 5.41) is 9.78. The molecular formula is C15H22N2O. The van der Waals surface area contributed by atoms with Crippen LogP contribution >= 0.6 is 0 Å². The van der Waals surface area contributed by atoms with Gasteiger partial charge in [-0.05, 0) is 49.8 Å². The summed E-state index contributed by atoms with van der Waals surface area (Å²) in [6, 6.07) is 9.43. The lowest BCUT2D eigenvalue weighted by molar-refractivity contribution is 0.0362. The fraction of sp³-hybridized carbons (Fsp3) is 0.600. The number of hydrogen-bond donors (Lipinski definition) is 2. The second-order valence-electron chi connectivity index (χ2n) is 5.74. The van der Waals surface area contributed by atoms with Crippen molar-refractivity contribution in [3.05, 3.63) is 29.8 Å². The summed E-state index contributed by atoms with van der Waals surface area (Å²) in [6.45, 7) is 1.12. The van der Waals surface area contributed by atoms with Crippen LogP contribution in [0.4, 0.5) is 5.69 Å². The maximum absolute atomic E-state index is 9.78. The standard InChI is InChI=1S/C15H22N2O/c16-12-3-1-11(2-4-12)7-8-17-13-5-6-14(17)10-15(18)9-13/h1-4,13-15,18H,5-10,16H2. The molecule has 3 rings (SSSR count). The molecule has 3 N–H and O–H groups in total. The summed E-state index contributed by atoms with van der Waals surface area (Å²) in [5.74, 6) is 0. The van der Waals surface area contributed by atoms with Gasteiger partial charge >= 0.3 is 0 Å². The first-order chi connectivity index (χ1) is 8.72. The van der Waals surface area contributed by atoms with Crippen LogP contribution in [-0.4, -0.2) is 34.7 Å². The number of nitrogens with two attached hydrogens (primary N) is 1. The van der Waals surface area contributed by atoms with Crippen molar-refractivity contribution in [3.63, 3.8) is 0 Å². The minimum Gasteiger partial charge on any atom is -0.399 e. The highest BCUT2D eigenvalue weighted by atomic mass is 16.3. The molecule has 2 aliphatic rings. The monoisotopic (exact) mass is 246 g/mol. The Morgan fingerprint density at radius 2 is 1.72 bits per heavy atom. The fourth-order valence-corrected chi connectivity index (χ4v) is 3.55. The minimum absolute atomic E-state index is 0.0599. The average molecular weight is 246 g/mol. The quantitative estimate of drug-likeness (QED) is 0.800. The average Bonchev–Trinajstić information content (AvgIpc) is 2.60. The number of anilines is 1. The van der Waals surface area contributed by atoms with Gasteiger partial charge in [-0.25, -0.2) is 0 Å². The first-order valence-electron chi connectivity index (χ1n) is 7.00. The second-order valence-corrected chi connectivity index (χ2v) is 5.74. The molecule has 0 aromatic heterocycles. The highest BCUT2D eigenvalue weighted by Crippen LogP contribution is 2.35. The largest absolute Gasteiger partial charge is 0.399 e. The van der Waals surface area contributed by atoms with Crippen molar-refractivity contribution >= 4 is 5.69 Å². The SMILES string of the molecule is Nc1ccc(CCN2C3CCC2CC(O)C3)cc1. The van der Waals surface area contributed by atoms with Crippen LogP contribution < -0.4 is 5.73 Å². The van der Waals surface area contributed by atoms with Crippen molar-refractivity contribution in [1.82, 2.24) is 4.90 Å². The van der Waals surface area contributed by atoms with Crippen LogP contribution in [-0.2, 0) is 6.42 Å². The maximum Gasteiger partial charge on any atom is 0.0570 e. The maximum atomic E-state index is 9.78. The number of fused-ring (bicyclic) bond motifs is 2. The first kappa shape index (κ1) is 12.0. The van der Waals surface area contributed by atoms with Gasteiger partial charge in [0, 0.05) is 24.3 Å². The molecule has 98 valence electrons. The van der Waals surface area contributed by atoms with E-state index >= 15 is 0 Å². The topological polar surface area (TPSA) is 49.5 Å². The number of benzene rings is 1. The highest BCUT2D eigenvalue weighted by Gasteiger charge is 2.39. The number of nitrogens with zero attached hydrogens (tertiary/aromatic N) is 1. The molecule has 2 bridgehead atoms. The third-order valence-corrected chi connectivity index (χ3v) is 4.50. The minimum atomic E-state index is -0.0599. The van der Waals surface area contributed by atoms with E-state index in [2.05, 4.69) is 17.0 Å². The van der Waals surface area contributed by atoms with E-state index in [1.165, 1.54) is 18.4 Å². The number of hydrogen-bond acceptors (Lipinski definition) is 3. The molecule has 0 aliphatic carbocycles. The van der Waals surface area contributed by atoms with E-state index in [0.717, 1.165) is 31.5 Å². The Bertz CT molecular complexity index is 389. The zero-order chi connectivity index (χ0) is 12.5. The van der Waals surface area contributed by atoms with E-state index in [1.54, 1.807) is 0 Å². The summed E-state index contributed by atoms with van der Waals surface area (Å²) in [4.78, 5) is 2.61. The summed E-state index contributed by atoms with van der Waals surface area (Å²) < 4.78 is 0. The van der Waals surface area contributed by atoms with Gasteiger partial charge in [-0.15, -0.1) is 0 Å². The Kier molecular flexibility index (Phi) is 3.27. The second kappa shape index (κ2) is 4.90. The van der Waals surface area contributed by atoms with E-state index in [-0.39, 0.29) is 6.10 Å². The van der Waals surface area contributed by atoms with Gasteiger partial charge in [-0.3, -0.25) is 4.90 Å². The number of aliphatic hydroxyl groups is 1. The van der Waals surface area contributed by atoms with Gasteiger partial charge in [0.25, 0.3) is 0 Å². The summed E-state index contributed by atoms with van der Waals surface area (Å²) >= 11 is 0. The fourth-order valence-electron chi connectivity index (χ4n) is 3.55. The van der Waals surface area contributed by atoms with Gasteiger partial charge < -0.3 is 10.8 Å². The van der Waals surface area contributed by atoms with Crippen LogP contribution in [0.15, 0.2) is 24.3 Å². The predicted octanol–water partition coefficient (Wildman–Crippen LogP) is 1.80. The number of aliphatic hydroxyl groups excluding tert-OH is 1. The normalized spacial score (nSPS) is 31.7. The highest BCUT2D eigenvalue weighted by molar-refractivity contribution is 5.39. The van der Waals surface area contributed by atoms with Gasteiger partial charge in [0.1, 0.15) is 0 Å². The molecule has 2 fully saturated rings. The van der Waals surface area contributed by atoms with Crippen molar-refractivity contribution in [2.24, 2.45) is 0 Å². The Morgan fingerprint density at radius 1 is 1.11 bits per heavy atom. The van der Waals surface area contributed by atoms with Crippen molar-refractivity contribution in [2.45, 2.75) is 50.3 Å². The van der Waals surface area contributed by atoms with E-state index in [4.69, 9.17) is 5.73 Å². The van der Waals surface area contributed by atoms with Crippen LogP contribution in [0.25, 0.3) is 0 Å². The van der Waals surface area contributed by atoms with Gasteiger partial charge in [0.2, 0.25) is 0 Å². The van der Waals surface area contributed by atoms with Gasteiger partial charge in [0.15, 0.2) is 0 Å². The molecule has 0 amide bonds. The van der Waals surface area contributed by atoms with E-state index < -0.39 is 0 Å². The van der Waals surface area contributed by atoms with Crippen LogP contribution in [0.5, 0.6) is 0 Å². The molecule has 2 aliphatic heterocycles. The number of nitrogen functional groups attached to an aromatic ring is 1. The zero-order valence-electron chi connectivity index (χ0n) is 10.8. The Morgan fingerprint density at radius 3 is 2.33 bits per heavy atom. The first-order valence-corrected chi connectivity index (χ1v) is 7.00. The van der Waals surface area contributed by atoms with Gasteiger partial charge in [-0.2, -0.15) is 0 Å². The van der Waals surface area contributed by atoms with E-state index in [0.29, 0.717) is 12.1 Å². The van der Waals surface area contributed by atoms with Crippen molar-refractivity contribution < 1.29 is 5.11 Å². The molecule has 0 saturated carbocycles. The lowest BCUT2D eigenvalue weighted by Gasteiger charge is -2.37. The predicted molar refractivity (Wildman–Crippen MR) is 73.3 cm³/mol. The molecule has 0 spiro atoms. The molecule has 18 heavy (non-hydrogen) atoms. The Balaban J connectivity index is 1.59. The summed E-state index contributed by atoms with van der Waals surface area (Å²) in [7, 11) is 0. The Labute approximate surface area is 109 Å². The lowest BCUT2D eigenvalue weighted by Crippen LogP contribution is -2.45. The molecule has 1 aromatic rings.